The van der Waals surface area contributed by atoms with Gasteiger partial charge in [0.1, 0.15) is 0 Å². The van der Waals surface area contributed by atoms with E-state index >= 15 is 0 Å². The van der Waals surface area contributed by atoms with Crippen molar-refractivity contribution >= 4 is 0 Å². The van der Waals surface area contributed by atoms with Gasteiger partial charge in [-0.05, 0) is 17.5 Å². The summed E-state index contributed by atoms with van der Waals surface area (Å²) < 4.78 is 12.1. The second-order valence-corrected chi connectivity index (χ2v) is 5.30. The van der Waals surface area contributed by atoms with Gasteiger partial charge in [-0.1, -0.05) is 54.6 Å². The minimum absolute atomic E-state index is 0.190. The molecule has 0 unspecified atom stereocenters. The average molecular weight is 252 g/mol. The van der Waals surface area contributed by atoms with E-state index in [0.717, 1.165) is 18.6 Å². The van der Waals surface area contributed by atoms with Crippen molar-refractivity contribution < 1.29 is 9.47 Å². The van der Waals surface area contributed by atoms with Crippen molar-refractivity contribution in [1.82, 2.24) is 0 Å². The molecule has 2 aromatic carbocycles. The topological polar surface area (TPSA) is 18.5 Å². The minimum atomic E-state index is -0.228. The van der Waals surface area contributed by atoms with Gasteiger partial charge in [-0.25, -0.2) is 0 Å². The van der Waals surface area contributed by atoms with Gasteiger partial charge in [0.25, 0.3) is 0 Å². The van der Waals surface area contributed by atoms with Gasteiger partial charge in [0.15, 0.2) is 6.29 Å². The van der Waals surface area contributed by atoms with Crippen LogP contribution in [0.3, 0.4) is 0 Å². The molecule has 1 fully saturated rings. The molecule has 0 saturated carbocycles. The molecule has 4 rings (SSSR count). The van der Waals surface area contributed by atoms with Gasteiger partial charge < -0.3 is 9.47 Å². The zero-order chi connectivity index (χ0) is 12.7. The number of ether oxygens (including phenoxy) is 2. The van der Waals surface area contributed by atoms with Crippen LogP contribution in [0.4, 0.5) is 0 Å². The molecule has 2 nitrogen and oxygen atoms in total. The van der Waals surface area contributed by atoms with Crippen LogP contribution in [0.5, 0.6) is 0 Å². The molecule has 0 spiro atoms. The van der Waals surface area contributed by atoms with E-state index in [2.05, 4.69) is 36.4 Å². The Kier molecular flexibility index (Phi) is 2.64. The Balaban J connectivity index is 1.63. The van der Waals surface area contributed by atoms with Crippen LogP contribution in [0, 0.1) is 5.92 Å². The second-order valence-electron chi connectivity index (χ2n) is 5.30. The summed E-state index contributed by atoms with van der Waals surface area (Å²) in [6.07, 6.45) is 1.03. The Morgan fingerprint density at radius 3 is 2.58 bits per heavy atom. The molecule has 19 heavy (non-hydrogen) atoms. The summed E-state index contributed by atoms with van der Waals surface area (Å²) >= 11 is 0. The zero-order valence-electron chi connectivity index (χ0n) is 10.7. The molecule has 2 aromatic rings. The fourth-order valence-corrected chi connectivity index (χ4v) is 3.14. The van der Waals surface area contributed by atoms with Crippen LogP contribution in [-0.2, 0) is 15.9 Å². The van der Waals surface area contributed by atoms with Gasteiger partial charge in [-0.15, -0.1) is 0 Å². The third kappa shape index (κ3) is 1.88. The number of hydrogen-bond donors (Lipinski definition) is 0. The lowest BCUT2D eigenvalue weighted by Gasteiger charge is -2.33. The Bertz CT molecular complexity index is 579. The Labute approximate surface area is 113 Å². The Hall–Kier alpha value is -1.64. The molecule has 1 aliphatic carbocycles. The van der Waals surface area contributed by atoms with Crippen LogP contribution in [0.2, 0.25) is 0 Å². The second kappa shape index (κ2) is 4.48. The summed E-state index contributed by atoms with van der Waals surface area (Å²) in [6.45, 7) is 0.777. The van der Waals surface area contributed by atoms with Crippen molar-refractivity contribution in [2.45, 2.75) is 18.8 Å². The third-order valence-electron chi connectivity index (χ3n) is 4.08. The lowest BCUT2D eigenvalue weighted by atomic mass is 10.0. The van der Waals surface area contributed by atoms with E-state index < -0.39 is 0 Å². The number of rotatable bonds is 1. The van der Waals surface area contributed by atoms with Crippen LogP contribution in [-0.4, -0.2) is 6.61 Å². The summed E-state index contributed by atoms with van der Waals surface area (Å²) in [5.74, 6) is 0.470. The maximum Gasteiger partial charge on any atom is 0.184 e. The standard InChI is InChI=1S/C17H16O2/c1-2-6-12(7-3-1)17-18-11-14-10-13-8-4-5-9-15(13)16(14)19-17/h1-9,14,16-17H,10-11H2/t14-,16-,17+/m1/s1. The molecule has 2 heteroatoms. The van der Waals surface area contributed by atoms with E-state index in [1.165, 1.54) is 11.1 Å². The SMILES string of the molecule is c1ccc([C@H]2OC[C@H]3Cc4ccccc4[C@@H]3O2)cc1. The van der Waals surface area contributed by atoms with Crippen LogP contribution in [0.1, 0.15) is 29.1 Å². The average Bonchev–Trinajstić information content (AvgIpc) is 2.86. The quantitative estimate of drug-likeness (QED) is 0.771. The smallest absolute Gasteiger partial charge is 0.184 e. The number of fused-ring (bicyclic) bond motifs is 3. The predicted octanol–water partition coefficient (Wildman–Crippen LogP) is 3.65. The molecule has 0 aromatic heterocycles. The van der Waals surface area contributed by atoms with Crippen molar-refractivity contribution in [2.24, 2.45) is 5.92 Å². The first-order chi connectivity index (χ1) is 9.42. The van der Waals surface area contributed by atoms with Gasteiger partial charge in [0.2, 0.25) is 0 Å². The minimum Gasteiger partial charge on any atom is -0.348 e. The van der Waals surface area contributed by atoms with E-state index in [9.17, 15) is 0 Å². The van der Waals surface area contributed by atoms with Crippen molar-refractivity contribution in [1.29, 1.82) is 0 Å². The lowest BCUT2D eigenvalue weighted by Crippen LogP contribution is -2.28. The first-order valence-corrected chi connectivity index (χ1v) is 6.81. The highest BCUT2D eigenvalue weighted by atomic mass is 16.7. The molecule has 1 aliphatic heterocycles. The van der Waals surface area contributed by atoms with Gasteiger partial charge in [0.05, 0.1) is 12.7 Å². The van der Waals surface area contributed by atoms with E-state index in [-0.39, 0.29) is 12.4 Å². The molecule has 1 heterocycles. The van der Waals surface area contributed by atoms with Crippen molar-refractivity contribution in [3.63, 3.8) is 0 Å². The molecular formula is C17H16O2. The van der Waals surface area contributed by atoms with Gasteiger partial charge in [-0.2, -0.15) is 0 Å². The molecule has 2 aliphatic rings. The molecule has 0 N–H and O–H groups in total. The third-order valence-corrected chi connectivity index (χ3v) is 4.08. The normalized spacial score (nSPS) is 28.7. The van der Waals surface area contributed by atoms with E-state index in [0.29, 0.717) is 5.92 Å². The summed E-state index contributed by atoms with van der Waals surface area (Å²) in [5.41, 5.74) is 3.86. The maximum absolute atomic E-state index is 6.20. The predicted molar refractivity (Wildman–Crippen MR) is 72.6 cm³/mol. The summed E-state index contributed by atoms with van der Waals surface area (Å²) in [6, 6.07) is 18.8. The monoisotopic (exact) mass is 252 g/mol. The molecule has 1 saturated heterocycles. The summed E-state index contributed by atoms with van der Waals surface area (Å²) in [5, 5.41) is 0. The Morgan fingerprint density at radius 1 is 0.895 bits per heavy atom. The van der Waals surface area contributed by atoms with Crippen molar-refractivity contribution in [3.8, 4) is 0 Å². The van der Waals surface area contributed by atoms with E-state index in [4.69, 9.17) is 9.47 Å². The highest BCUT2D eigenvalue weighted by Crippen LogP contribution is 2.45. The fourth-order valence-electron chi connectivity index (χ4n) is 3.14. The van der Waals surface area contributed by atoms with Crippen LogP contribution in [0.15, 0.2) is 54.6 Å². The molecule has 0 radical (unpaired) electrons. The van der Waals surface area contributed by atoms with Crippen molar-refractivity contribution in [2.75, 3.05) is 6.61 Å². The first-order valence-electron chi connectivity index (χ1n) is 6.81. The maximum atomic E-state index is 6.20. The highest BCUT2D eigenvalue weighted by Gasteiger charge is 2.39. The zero-order valence-corrected chi connectivity index (χ0v) is 10.7. The van der Waals surface area contributed by atoms with E-state index in [1.807, 2.05) is 18.2 Å². The van der Waals surface area contributed by atoms with Gasteiger partial charge in [-0.3, -0.25) is 0 Å². The van der Waals surface area contributed by atoms with Crippen molar-refractivity contribution in [3.05, 3.63) is 71.3 Å². The van der Waals surface area contributed by atoms with Crippen LogP contribution in [0.25, 0.3) is 0 Å². The van der Waals surface area contributed by atoms with Crippen LogP contribution >= 0.6 is 0 Å². The van der Waals surface area contributed by atoms with Crippen LogP contribution < -0.4 is 0 Å². The number of benzene rings is 2. The van der Waals surface area contributed by atoms with Gasteiger partial charge in [0, 0.05) is 11.5 Å². The summed E-state index contributed by atoms with van der Waals surface area (Å²) in [7, 11) is 0. The first kappa shape index (κ1) is 11.2. The fraction of sp³-hybridized carbons (Fsp3) is 0.294. The molecular weight excluding hydrogens is 236 g/mol. The molecule has 96 valence electrons. The van der Waals surface area contributed by atoms with E-state index in [1.54, 1.807) is 0 Å². The lowest BCUT2D eigenvalue weighted by molar-refractivity contribution is -0.240. The largest absolute Gasteiger partial charge is 0.348 e. The Morgan fingerprint density at radius 2 is 1.68 bits per heavy atom. The molecule has 3 atom stereocenters. The number of hydrogen-bond acceptors (Lipinski definition) is 2. The van der Waals surface area contributed by atoms with Gasteiger partial charge >= 0.3 is 0 Å². The molecule has 0 amide bonds. The summed E-state index contributed by atoms with van der Waals surface area (Å²) in [4.78, 5) is 0. The molecule has 0 bridgehead atoms. The highest BCUT2D eigenvalue weighted by molar-refractivity contribution is 5.35.